The number of hydrogen-bond acceptors (Lipinski definition) is 2. The molecule has 0 amide bonds. The maximum atomic E-state index is 9.88. The Morgan fingerprint density at radius 2 is 1.89 bits per heavy atom. The summed E-state index contributed by atoms with van der Waals surface area (Å²) in [6.07, 6.45) is 9.70. The predicted molar refractivity (Wildman–Crippen MR) is 74.4 cm³/mol. The van der Waals surface area contributed by atoms with Crippen LogP contribution in [-0.2, 0) is 0 Å². The van der Waals surface area contributed by atoms with Crippen LogP contribution in [0.25, 0.3) is 0 Å². The van der Waals surface area contributed by atoms with E-state index in [4.69, 9.17) is 0 Å². The van der Waals surface area contributed by atoms with Gasteiger partial charge in [0.2, 0.25) is 0 Å². The molecule has 2 heteroatoms. The molecule has 4 unspecified atom stereocenters. The first-order valence-electron chi connectivity index (χ1n) is 7.75. The van der Waals surface area contributed by atoms with Gasteiger partial charge >= 0.3 is 0 Å². The van der Waals surface area contributed by atoms with Gasteiger partial charge in [0.25, 0.3) is 0 Å². The van der Waals surface area contributed by atoms with Crippen molar-refractivity contribution in [3.8, 4) is 0 Å². The zero-order valence-corrected chi connectivity index (χ0v) is 11.8. The van der Waals surface area contributed by atoms with E-state index in [0.717, 1.165) is 24.7 Å². The lowest BCUT2D eigenvalue weighted by molar-refractivity contribution is 0.0247. The van der Waals surface area contributed by atoms with Gasteiger partial charge in [-0.3, -0.25) is 4.90 Å². The van der Waals surface area contributed by atoms with E-state index in [-0.39, 0.29) is 6.10 Å². The molecule has 3 aliphatic rings. The third-order valence-electron chi connectivity index (χ3n) is 5.63. The molecule has 0 aromatic carbocycles. The van der Waals surface area contributed by atoms with Crippen LogP contribution < -0.4 is 0 Å². The highest BCUT2D eigenvalue weighted by molar-refractivity contribution is 5.10. The number of aliphatic hydroxyl groups is 1. The lowest BCUT2D eigenvalue weighted by atomic mass is 9.79. The summed E-state index contributed by atoms with van der Waals surface area (Å²) in [6, 6.07) is 1.33. The van der Waals surface area contributed by atoms with Gasteiger partial charge in [-0.15, -0.1) is 0 Å². The largest absolute Gasteiger partial charge is 0.393 e. The molecule has 0 aromatic heterocycles. The number of aliphatic hydroxyl groups excluding tert-OH is 1. The molecule has 0 spiro atoms. The van der Waals surface area contributed by atoms with E-state index >= 15 is 0 Å². The second-order valence-electron chi connectivity index (χ2n) is 6.82. The Morgan fingerprint density at radius 3 is 2.50 bits per heavy atom. The maximum absolute atomic E-state index is 9.88. The summed E-state index contributed by atoms with van der Waals surface area (Å²) in [5.74, 6) is 1.60. The molecule has 2 nitrogen and oxygen atoms in total. The molecule has 2 aliphatic heterocycles. The van der Waals surface area contributed by atoms with Crippen molar-refractivity contribution >= 4 is 0 Å². The Labute approximate surface area is 111 Å². The topological polar surface area (TPSA) is 23.5 Å². The van der Waals surface area contributed by atoms with Crippen LogP contribution in [0.3, 0.4) is 0 Å². The molecule has 102 valence electrons. The predicted octanol–water partition coefficient (Wildman–Crippen LogP) is 2.97. The zero-order valence-electron chi connectivity index (χ0n) is 11.8. The van der Waals surface area contributed by atoms with Crippen molar-refractivity contribution in [2.45, 2.75) is 70.6 Å². The van der Waals surface area contributed by atoms with Crippen LogP contribution in [0.4, 0.5) is 0 Å². The van der Waals surface area contributed by atoms with Crippen LogP contribution in [0.2, 0.25) is 0 Å². The monoisotopic (exact) mass is 249 g/mol. The number of fused-ring (bicyclic) bond motifs is 2. The second kappa shape index (κ2) is 4.97. The van der Waals surface area contributed by atoms with Gasteiger partial charge in [-0.2, -0.15) is 0 Å². The van der Waals surface area contributed by atoms with Crippen molar-refractivity contribution in [3.05, 3.63) is 11.6 Å². The summed E-state index contributed by atoms with van der Waals surface area (Å²) in [7, 11) is 0. The van der Waals surface area contributed by atoms with E-state index in [2.05, 4.69) is 24.8 Å². The van der Waals surface area contributed by atoms with Crippen molar-refractivity contribution in [2.24, 2.45) is 11.8 Å². The molecule has 2 bridgehead atoms. The summed E-state index contributed by atoms with van der Waals surface area (Å²) >= 11 is 0. The van der Waals surface area contributed by atoms with Gasteiger partial charge in [0.1, 0.15) is 0 Å². The molecule has 2 fully saturated rings. The Hall–Kier alpha value is -0.340. The van der Waals surface area contributed by atoms with E-state index in [9.17, 15) is 5.11 Å². The average molecular weight is 249 g/mol. The summed E-state index contributed by atoms with van der Waals surface area (Å²) in [5, 5.41) is 9.88. The molecule has 1 aliphatic carbocycles. The van der Waals surface area contributed by atoms with Crippen molar-refractivity contribution in [1.82, 2.24) is 4.90 Å². The van der Waals surface area contributed by atoms with E-state index in [1.807, 2.05) is 0 Å². The number of nitrogens with zero attached hydrogens (tertiary/aromatic N) is 1. The third kappa shape index (κ3) is 2.25. The first-order valence-corrected chi connectivity index (χ1v) is 7.75. The first-order chi connectivity index (χ1) is 8.65. The average Bonchev–Trinajstić information content (AvgIpc) is 2.56. The zero-order chi connectivity index (χ0) is 12.7. The summed E-state index contributed by atoms with van der Waals surface area (Å²) < 4.78 is 0. The normalized spacial score (nSPS) is 45.1. The Balaban J connectivity index is 1.69. The van der Waals surface area contributed by atoms with Gasteiger partial charge < -0.3 is 5.11 Å². The number of rotatable bonds is 2. The fourth-order valence-corrected chi connectivity index (χ4v) is 4.47. The van der Waals surface area contributed by atoms with Gasteiger partial charge in [0.05, 0.1) is 6.10 Å². The quantitative estimate of drug-likeness (QED) is 0.761. The summed E-state index contributed by atoms with van der Waals surface area (Å²) in [6.45, 7) is 5.98. The van der Waals surface area contributed by atoms with E-state index < -0.39 is 0 Å². The standard InChI is InChI=1S/C16H27NO/c1-11-4-3-5-12(2)16(11)10-17-13-6-7-14(17)9-15(18)8-13/h4,12-16,18H,3,5-10H2,1-2H3. The Morgan fingerprint density at radius 1 is 1.22 bits per heavy atom. The lowest BCUT2D eigenvalue weighted by Gasteiger charge is -2.41. The molecule has 0 aromatic rings. The van der Waals surface area contributed by atoms with Gasteiger partial charge in [-0.05, 0) is 57.3 Å². The van der Waals surface area contributed by atoms with Crippen LogP contribution in [0.5, 0.6) is 0 Å². The minimum atomic E-state index is -0.0285. The van der Waals surface area contributed by atoms with E-state index in [1.165, 1.54) is 32.2 Å². The SMILES string of the molecule is CC1=CCCC(C)C1CN1C2CCC1CC(O)C2. The lowest BCUT2D eigenvalue weighted by Crippen LogP contribution is -2.47. The molecule has 2 saturated heterocycles. The number of hydrogen-bond donors (Lipinski definition) is 1. The van der Waals surface area contributed by atoms with Gasteiger partial charge in [-0.25, -0.2) is 0 Å². The summed E-state index contributed by atoms with van der Waals surface area (Å²) in [5.41, 5.74) is 1.61. The molecule has 18 heavy (non-hydrogen) atoms. The van der Waals surface area contributed by atoms with Crippen LogP contribution in [-0.4, -0.2) is 34.7 Å². The van der Waals surface area contributed by atoms with Crippen LogP contribution in [0.1, 0.15) is 52.4 Å². The first kappa shape index (κ1) is 12.7. The van der Waals surface area contributed by atoms with Crippen molar-refractivity contribution in [3.63, 3.8) is 0 Å². The third-order valence-corrected chi connectivity index (χ3v) is 5.63. The van der Waals surface area contributed by atoms with Gasteiger partial charge in [0, 0.05) is 18.6 Å². The highest BCUT2D eigenvalue weighted by Crippen LogP contribution is 2.39. The molecule has 0 saturated carbocycles. The molecule has 1 N–H and O–H groups in total. The highest BCUT2D eigenvalue weighted by atomic mass is 16.3. The minimum Gasteiger partial charge on any atom is -0.393 e. The van der Waals surface area contributed by atoms with E-state index in [0.29, 0.717) is 12.1 Å². The van der Waals surface area contributed by atoms with Crippen molar-refractivity contribution in [2.75, 3.05) is 6.54 Å². The summed E-state index contributed by atoms with van der Waals surface area (Å²) in [4.78, 5) is 2.73. The van der Waals surface area contributed by atoms with Crippen LogP contribution in [0, 0.1) is 11.8 Å². The van der Waals surface area contributed by atoms with Crippen molar-refractivity contribution < 1.29 is 5.11 Å². The smallest absolute Gasteiger partial charge is 0.0570 e. The fraction of sp³-hybridized carbons (Fsp3) is 0.875. The molecular formula is C16H27NO. The molecule has 2 heterocycles. The number of piperidine rings is 1. The molecular weight excluding hydrogens is 222 g/mol. The molecule has 0 radical (unpaired) electrons. The fourth-order valence-electron chi connectivity index (χ4n) is 4.47. The highest BCUT2D eigenvalue weighted by Gasteiger charge is 2.41. The Bertz CT molecular complexity index is 324. The maximum Gasteiger partial charge on any atom is 0.0570 e. The van der Waals surface area contributed by atoms with Crippen molar-refractivity contribution in [1.29, 1.82) is 0 Å². The number of allylic oxidation sites excluding steroid dienone is 1. The van der Waals surface area contributed by atoms with Crippen LogP contribution >= 0.6 is 0 Å². The minimum absolute atomic E-state index is 0.0285. The molecule has 4 atom stereocenters. The van der Waals surface area contributed by atoms with Gasteiger partial charge in [0.15, 0.2) is 0 Å². The molecule has 3 rings (SSSR count). The van der Waals surface area contributed by atoms with Gasteiger partial charge in [-0.1, -0.05) is 18.6 Å². The Kier molecular flexibility index (Phi) is 3.50. The van der Waals surface area contributed by atoms with Crippen LogP contribution in [0.15, 0.2) is 11.6 Å². The second-order valence-corrected chi connectivity index (χ2v) is 6.82. The van der Waals surface area contributed by atoms with E-state index in [1.54, 1.807) is 5.57 Å².